The highest BCUT2D eigenvalue weighted by Gasteiger charge is 2.34. The fraction of sp³-hybridized carbons (Fsp3) is 0.273. The van der Waals surface area contributed by atoms with Gasteiger partial charge in [-0.25, -0.2) is 4.79 Å². The lowest BCUT2D eigenvalue weighted by molar-refractivity contribution is -0.113. The number of anilines is 1. The number of methoxy groups -OCH3 is 2. The summed E-state index contributed by atoms with van der Waals surface area (Å²) < 4.78 is 16.5. The van der Waals surface area contributed by atoms with Crippen LogP contribution in [0.5, 0.6) is 17.2 Å². The van der Waals surface area contributed by atoms with Gasteiger partial charge in [-0.3, -0.25) is 4.79 Å². The number of hydrogen-bond donors (Lipinski definition) is 3. The van der Waals surface area contributed by atoms with E-state index in [0.29, 0.717) is 46.4 Å². The molecule has 1 heterocycles. The quantitative estimate of drug-likeness (QED) is 0.649. The number of rotatable bonds is 7. The Morgan fingerprint density at radius 2 is 1.80 bits per heavy atom. The van der Waals surface area contributed by atoms with Crippen molar-refractivity contribution in [2.45, 2.75) is 19.9 Å². The lowest BCUT2D eigenvalue weighted by Gasteiger charge is -2.30. The van der Waals surface area contributed by atoms with Gasteiger partial charge in [-0.2, -0.15) is 0 Å². The number of carbonyl (C=O) groups excluding carboxylic acids is 2. The van der Waals surface area contributed by atoms with Gasteiger partial charge < -0.3 is 30.2 Å². The summed E-state index contributed by atoms with van der Waals surface area (Å²) in [6.45, 7) is 4.02. The number of benzene rings is 2. The predicted octanol–water partition coefficient (Wildman–Crippen LogP) is 3.37. The molecule has 3 rings (SSSR count). The Bertz CT molecular complexity index is 986. The molecule has 3 N–H and O–H groups in total. The molecular formula is C22H25N3O5. The lowest BCUT2D eigenvalue weighted by Crippen LogP contribution is -2.46. The van der Waals surface area contributed by atoms with Crippen molar-refractivity contribution in [1.82, 2.24) is 10.6 Å². The Hall–Kier alpha value is -3.68. The summed E-state index contributed by atoms with van der Waals surface area (Å²) >= 11 is 0. The lowest BCUT2D eigenvalue weighted by atomic mass is 9.93. The molecule has 0 saturated carbocycles. The summed E-state index contributed by atoms with van der Waals surface area (Å²) in [5.41, 5.74) is 1.94. The van der Waals surface area contributed by atoms with Gasteiger partial charge >= 0.3 is 6.03 Å². The molecule has 30 heavy (non-hydrogen) atoms. The maximum Gasteiger partial charge on any atom is 0.319 e. The molecule has 0 aliphatic carbocycles. The highest BCUT2D eigenvalue weighted by Crippen LogP contribution is 2.39. The number of amides is 3. The fourth-order valence-electron chi connectivity index (χ4n) is 3.41. The molecule has 1 atom stereocenters. The van der Waals surface area contributed by atoms with Crippen LogP contribution in [-0.4, -0.2) is 32.8 Å². The number of allylic oxidation sites excluding steroid dienone is 1. The van der Waals surface area contributed by atoms with Crippen LogP contribution in [0.3, 0.4) is 0 Å². The third kappa shape index (κ3) is 4.17. The van der Waals surface area contributed by atoms with Gasteiger partial charge in [0.05, 0.1) is 38.1 Å². The molecular weight excluding hydrogens is 386 g/mol. The van der Waals surface area contributed by atoms with Crippen LogP contribution >= 0.6 is 0 Å². The van der Waals surface area contributed by atoms with Crippen molar-refractivity contribution in [3.63, 3.8) is 0 Å². The summed E-state index contributed by atoms with van der Waals surface area (Å²) in [4.78, 5) is 25.5. The van der Waals surface area contributed by atoms with Gasteiger partial charge in [0.25, 0.3) is 5.91 Å². The molecule has 0 bridgehead atoms. The van der Waals surface area contributed by atoms with Crippen LogP contribution in [0.4, 0.5) is 10.5 Å². The third-order valence-electron chi connectivity index (χ3n) is 4.69. The van der Waals surface area contributed by atoms with E-state index < -0.39 is 12.1 Å². The largest absolute Gasteiger partial charge is 0.493 e. The second-order valence-corrected chi connectivity index (χ2v) is 6.54. The summed E-state index contributed by atoms with van der Waals surface area (Å²) in [5, 5.41) is 8.37. The van der Waals surface area contributed by atoms with E-state index in [2.05, 4.69) is 16.0 Å². The molecule has 0 saturated heterocycles. The minimum Gasteiger partial charge on any atom is -0.493 e. The minimum absolute atomic E-state index is 0.354. The van der Waals surface area contributed by atoms with Crippen LogP contribution in [0.2, 0.25) is 0 Å². The number of hydrogen-bond acceptors (Lipinski definition) is 5. The number of para-hydroxylation sites is 3. The SMILES string of the molecule is CCOc1ccccc1NC(=O)C1=C(C)NC(=O)N[C@H]1c1cccc(OC)c1OC. The van der Waals surface area contributed by atoms with Gasteiger partial charge in [0, 0.05) is 11.3 Å². The zero-order valence-electron chi connectivity index (χ0n) is 17.4. The molecule has 1 aliphatic heterocycles. The Morgan fingerprint density at radius 3 is 2.50 bits per heavy atom. The van der Waals surface area contributed by atoms with Gasteiger partial charge in [0.15, 0.2) is 11.5 Å². The second kappa shape index (κ2) is 9.21. The van der Waals surface area contributed by atoms with Gasteiger partial charge in [-0.1, -0.05) is 24.3 Å². The first-order valence-corrected chi connectivity index (χ1v) is 9.52. The van der Waals surface area contributed by atoms with Crippen LogP contribution in [0.25, 0.3) is 0 Å². The monoisotopic (exact) mass is 411 g/mol. The van der Waals surface area contributed by atoms with Crippen molar-refractivity contribution in [2.75, 3.05) is 26.1 Å². The molecule has 0 unspecified atom stereocenters. The van der Waals surface area contributed by atoms with E-state index in [1.807, 2.05) is 19.1 Å². The highest BCUT2D eigenvalue weighted by molar-refractivity contribution is 6.07. The zero-order valence-corrected chi connectivity index (χ0v) is 17.4. The first-order valence-electron chi connectivity index (χ1n) is 9.52. The molecule has 1 aliphatic rings. The summed E-state index contributed by atoms with van der Waals surface area (Å²) in [6.07, 6.45) is 0. The van der Waals surface area contributed by atoms with E-state index >= 15 is 0 Å². The number of carbonyl (C=O) groups is 2. The van der Waals surface area contributed by atoms with Crippen molar-refractivity contribution in [1.29, 1.82) is 0 Å². The zero-order chi connectivity index (χ0) is 21.7. The molecule has 2 aromatic rings. The Labute approximate surface area is 175 Å². The highest BCUT2D eigenvalue weighted by atomic mass is 16.5. The van der Waals surface area contributed by atoms with Crippen LogP contribution in [0, 0.1) is 0 Å². The van der Waals surface area contributed by atoms with Crippen molar-refractivity contribution >= 4 is 17.6 Å². The molecule has 0 radical (unpaired) electrons. The van der Waals surface area contributed by atoms with Crippen molar-refractivity contribution < 1.29 is 23.8 Å². The molecule has 8 nitrogen and oxygen atoms in total. The van der Waals surface area contributed by atoms with E-state index in [9.17, 15) is 9.59 Å². The van der Waals surface area contributed by atoms with Crippen LogP contribution < -0.4 is 30.2 Å². The van der Waals surface area contributed by atoms with Crippen molar-refractivity contribution in [3.8, 4) is 17.2 Å². The van der Waals surface area contributed by atoms with Gasteiger partial charge in [0.2, 0.25) is 0 Å². The number of urea groups is 1. The number of ether oxygens (including phenoxy) is 3. The minimum atomic E-state index is -0.733. The Kier molecular flexibility index (Phi) is 6.46. The van der Waals surface area contributed by atoms with Crippen LogP contribution in [-0.2, 0) is 4.79 Å². The molecule has 3 amide bonds. The predicted molar refractivity (Wildman–Crippen MR) is 113 cm³/mol. The maximum absolute atomic E-state index is 13.3. The molecule has 8 heteroatoms. The Morgan fingerprint density at radius 1 is 1.07 bits per heavy atom. The molecule has 158 valence electrons. The standard InChI is InChI=1S/C22H25N3O5/c1-5-30-16-11-7-6-10-15(16)24-21(26)18-13(2)23-22(27)25-19(18)14-9-8-12-17(28-3)20(14)29-4/h6-12,19H,5H2,1-4H3,(H,24,26)(H2,23,25,27)/t19-/m0/s1. The van der Waals surface area contributed by atoms with Crippen molar-refractivity contribution in [2.24, 2.45) is 0 Å². The second-order valence-electron chi connectivity index (χ2n) is 6.54. The van der Waals surface area contributed by atoms with Gasteiger partial charge in [0.1, 0.15) is 5.75 Å². The fourth-order valence-corrected chi connectivity index (χ4v) is 3.41. The Balaban J connectivity index is 2.02. The molecule has 0 fully saturated rings. The van der Waals surface area contributed by atoms with E-state index in [4.69, 9.17) is 14.2 Å². The normalized spacial score (nSPS) is 15.7. The summed E-state index contributed by atoms with van der Waals surface area (Å²) in [6, 6.07) is 11.3. The smallest absolute Gasteiger partial charge is 0.319 e. The number of nitrogens with one attached hydrogen (secondary N) is 3. The molecule has 0 aromatic heterocycles. The van der Waals surface area contributed by atoms with Crippen LogP contribution in [0.1, 0.15) is 25.5 Å². The summed E-state index contributed by atoms with van der Waals surface area (Å²) in [7, 11) is 3.04. The van der Waals surface area contributed by atoms with E-state index in [1.54, 1.807) is 37.3 Å². The topological polar surface area (TPSA) is 97.9 Å². The van der Waals surface area contributed by atoms with Gasteiger partial charge in [-0.15, -0.1) is 0 Å². The molecule has 0 spiro atoms. The molecule has 2 aromatic carbocycles. The first-order chi connectivity index (χ1) is 14.5. The van der Waals surface area contributed by atoms with E-state index in [-0.39, 0.29) is 5.91 Å². The van der Waals surface area contributed by atoms with Gasteiger partial charge in [-0.05, 0) is 32.0 Å². The third-order valence-corrected chi connectivity index (χ3v) is 4.69. The average molecular weight is 411 g/mol. The summed E-state index contributed by atoms with van der Waals surface area (Å²) in [5.74, 6) is 1.14. The maximum atomic E-state index is 13.3. The average Bonchev–Trinajstić information content (AvgIpc) is 2.73. The van der Waals surface area contributed by atoms with E-state index in [1.165, 1.54) is 14.2 Å². The van der Waals surface area contributed by atoms with Crippen LogP contribution in [0.15, 0.2) is 53.7 Å². The van der Waals surface area contributed by atoms with E-state index in [0.717, 1.165) is 0 Å². The van der Waals surface area contributed by atoms with Crippen molar-refractivity contribution in [3.05, 3.63) is 59.3 Å². The first kappa shape index (κ1) is 21.0.